The highest BCUT2D eigenvalue weighted by Gasteiger charge is 2.18. The van der Waals surface area contributed by atoms with Crippen molar-refractivity contribution in [3.05, 3.63) is 58.6 Å². The molecule has 2 rings (SSSR count). The summed E-state index contributed by atoms with van der Waals surface area (Å²) >= 11 is 7.13. The zero-order valence-corrected chi connectivity index (χ0v) is 16.1. The second-order valence-electron chi connectivity index (χ2n) is 5.46. The zero-order valence-electron chi connectivity index (χ0n) is 14.5. The first-order valence-corrected chi connectivity index (χ1v) is 9.36. The largest absolute Gasteiger partial charge is 0.493 e. The van der Waals surface area contributed by atoms with Crippen LogP contribution in [0, 0.1) is 0 Å². The van der Waals surface area contributed by atoms with Gasteiger partial charge in [-0.25, -0.2) is 0 Å². The highest BCUT2D eigenvalue weighted by Crippen LogP contribution is 2.27. The Labute approximate surface area is 161 Å². The second kappa shape index (κ2) is 9.50. The lowest BCUT2D eigenvalue weighted by Crippen LogP contribution is -2.24. The molecule has 0 aliphatic carbocycles. The average Bonchev–Trinajstić information content (AvgIpc) is 2.61. The fourth-order valence-corrected chi connectivity index (χ4v) is 3.32. The number of aliphatic carboxylic acids is 1. The Hall–Kier alpha value is -2.18. The molecule has 1 unspecified atom stereocenters. The molecule has 138 valence electrons. The van der Waals surface area contributed by atoms with E-state index in [9.17, 15) is 9.59 Å². The molecule has 2 aromatic carbocycles. The highest BCUT2D eigenvalue weighted by atomic mass is 35.5. The minimum absolute atomic E-state index is 0.275. The van der Waals surface area contributed by atoms with Gasteiger partial charge < -0.3 is 15.2 Å². The molecule has 0 fully saturated rings. The van der Waals surface area contributed by atoms with E-state index in [2.05, 4.69) is 5.32 Å². The van der Waals surface area contributed by atoms with Gasteiger partial charge in [-0.2, -0.15) is 0 Å². The summed E-state index contributed by atoms with van der Waals surface area (Å²) < 4.78 is 5.55. The zero-order chi connectivity index (χ0) is 19.1. The highest BCUT2D eigenvalue weighted by molar-refractivity contribution is 8.00. The Kier molecular flexibility index (Phi) is 7.36. The van der Waals surface area contributed by atoms with Crippen molar-refractivity contribution in [2.24, 2.45) is 0 Å². The maximum absolute atomic E-state index is 12.6. The lowest BCUT2D eigenvalue weighted by Gasteiger charge is -2.14. The van der Waals surface area contributed by atoms with Crippen LogP contribution in [0.3, 0.4) is 0 Å². The van der Waals surface area contributed by atoms with E-state index in [0.717, 1.165) is 17.3 Å². The smallest absolute Gasteiger partial charge is 0.316 e. The fourth-order valence-electron chi connectivity index (χ4n) is 2.23. The minimum atomic E-state index is -0.923. The molecular formula is C19H20ClNO4S. The molecule has 0 heterocycles. The summed E-state index contributed by atoms with van der Waals surface area (Å²) in [4.78, 5) is 24.3. The van der Waals surface area contributed by atoms with Crippen LogP contribution in [-0.2, 0) is 11.3 Å². The number of halogens is 1. The maximum Gasteiger partial charge on any atom is 0.316 e. The molecule has 0 aromatic heterocycles. The minimum Gasteiger partial charge on any atom is -0.493 e. The van der Waals surface area contributed by atoms with Gasteiger partial charge in [0.1, 0.15) is 11.0 Å². The number of benzene rings is 2. The number of rotatable bonds is 8. The fraction of sp³-hybridized carbons (Fsp3) is 0.263. The normalized spacial score (nSPS) is 11.7. The molecule has 2 N–H and O–H groups in total. The van der Waals surface area contributed by atoms with E-state index in [4.69, 9.17) is 21.4 Å². The van der Waals surface area contributed by atoms with E-state index in [0.29, 0.717) is 27.8 Å². The molecule has 1 amide bonds. The summed E-state index contributed by atoms with van der Waals surface area (Å²) in [6.07, 6.45) is 0. The van der Waals surface area contributed by atoms with E-state index in [1.807, 2.05) is 6.92 Å². The lowest BCUT2D eigenvalue weighted by molar-refractivity contribution is -0.136. The number of carbonyl (C=O) groups is 2. The number of ether oxygens (including phenoxy) is 1. The molecule has 0 spiro atoms. The number of carboxylic acids is 1. The third-order valence-electron chi connectivity index (χ3n) is 3.55. The molecule has 26 heavy (non-hydrogen) atoms. The summed E-state index contributed by atoms with van der Waals surface area (Å²) in [7, 11) is 0. The predicted octanol–water partition coefficient (Wildman–Crippen LogP) is 4.23. The number of amides is 1. The van der Waals surface area contributed by atoms with Crippen LogP contribution in [0.15, 0.2) is 47.4 Å². The lowest BCUT2D eigenvalue weighted by atomic mass is 10.1. The van der Waals surface area contributed by atoms with Crippen LogP contribution in [-0.4, -0.2) is 28.8 Å². The number of nitrogens with one attached hydrogen (secondary N) is 1. The molecule has 0 saturated heterocycles. The van der Waals surface area contributed by atoms with Gasteiger partial charge in [0.25, 0.3) is 5.91 Å². The molecule has 0 saturated carbocycles. The van der Waals surface area contributed by atoms with Crippen molar-refractivity contribution in [1.29, 1.82) is 0 Å². The third-order valence-corrected chi connectivity index (χ3v) is 4.95. The molecule has 2 aromatic rings. The summed E-state index contributed by atoms with van der Waals surface area (Å²) in [5, 5.41) is 11.9. The Bertz CT molecular complexity index is 797. The summed E-state index contributed by atoms with van der Waals surface area (Å²) in [6.45, 7) is 4.23. The van der Waals surface area contributed by atoms with Crippen molar-refractivity contribution >= 4 is 35.2 Å². The van der Waals surface area contributed by atoms with Crippen LogP contribution >= 0.6 is 23.4 Å². The molecule has 1 atom stereocenters. The van der Waals surface area contributed by atoms with E-state index in [-0.39, 0.29) is 12.5 Å². The Morgan fingerprint density at radius 1 is 1.27 bits per heavy atom. The van der Waals surface area contributed by atoms with Crippen LogP contribution in [0.2, 0.25) is 5.02 Å². The Morgan fingerprint density at radius 3 is 2.69 bits per heavy atom. The molecule has 0 aliphatic rings. The van der Waals surface area contributed by atoms with Crippen molar-refractivity contribution in [1.82, 2.24) is 5.32 Å². The van der Waals surface area contributed by atoms with Crippen LogP contribution in [0.25, 0.3) is 0 Å². The van der Waals surface area contributed by atoms with Gasteiger partial charge in [-0.05, 0) is 38.1 Å². The van der Waals surface area contributed by atoms with Crippen molar-refractivity contribution < 1.29 is 19.4 Å². The van der Waals surface area contributed by atoms with Crippen LogP contribution in [0.1, 0.15) is 29.8 Å². The third kappa shape index (κ3) is 5.41. The van der Waals surface area contributed by atoms with Gasteiger partial charge in [0.05, 0.1) is 12.2 Å². The monoisotopic (exact) mass is 393 g/mol. The molecule has 0 aliphatic heterocycles. The molecular weight excluding hydrogens is 374 g/mol. The quantitative estimate of drug-likeness (QED) is 0.656. The van der Waals surface area contributed by atoms with Crippen molar-refractivity contribution in [2.75, 3.05) is 6.61 Å². The van der Waals surface area contributed by atoms with E-state index in [1.165, 1.54) is 0 Å². The van der Waals surface area contributed by atoms with E-state index < -0.39 is 11.2 Å². The van der Waals surface area contributed by atoms with Gasteiger partial charge in [-0.3, -0.25) is 9.59 Å². The standard InChI is InChI=1S/C19H20ClNO4S/c1-3-25-16-10-14(20)9-8-13(16)11-21-18(22)15-6-4-5-7-17(15)26-12(2)19(23)24/h4-10,12H,3,11H2,1-2H3,(H,21,22)(H,23,24). The SMILES string of the molecule is CCOc1cc(Cl)ccc1CNC(=O)c1ccccc1SC(C)C(=O)O. The summed E-state index contributed by atoms with van der Waals surface area (Å²) in [5.41, 5.74) is 1.26. The first-order valence-electron chi connectivity index (χ1n) is 8.10. The van der Waals surface area contributed by atoms with Gasteiger partial charge in [0.2, 0.25) is 0 Å². The number of carboxylic acid groups (broad SMARTS) is 1. The number of hydrogen-bond acceptors (Lipinski definition) is 4. The molecule has 0 bridgehead atoms. The first kappa shape index (κ1) is 20.1. The number of thioether (sulfide) groups is 1. The van der Waals surface area contributed by atoms with Crippen LogP contribution in [0.4, 0.5) is 0 Å². The molecule has 7 heteroatoms. The van der Waals surface area contributed by atoms with Gasteiger partial charge in [0.15, 0.2) is 0 Å². The Balaban J connectivity index is 2.13. The molecule has 0 radical (unpaired) electrons. The summed E-state index contributed by atoms with van der Waals surface area (Å²) in [5.74, 6) is -0.571. The topological polar surface area (TPSA) is 75.6 Å². The second-order valence-corrected chi connectivity index (χ2v) is 7.28. The van der Waals surface area contributed by atoms with Crippen molar-refractivity contribution in [3.63, 3.8) is 0 Å². The molecule has 5 nitrogen and oxygen atoms in total. The summed E-state index contributed by atoms with van der Waals surface area (Å²) in [6, 6.07) is 12.2. The first-order chi connectivity index (χ1) is 12.4. The van der Waals surface area contributed by atoms with Gasteiger partial charge in [-0.15, -0.1) is 11.8 Å². The Morgan fingerprint density at radius 2 is 2.00 bits per heavy atom. The van der Waals surface area contributed by atoms with E-state index in [1.54, 1.807) is 49.4 Å². The van der Waals surface area contributed by atoms with E-state index >= 15 is 0 Å². The number of hydrogen-bond donors (Lipinski definition) is 2. The van der Waals surface area contributed by atoms with Gasteiger partial charge in [-0.1, -0.05) is 29.8 Å². The number of carbonyl (C=O) groups excluding carboxylic acids is 1. The maximum atomic E-state index is 12.6. The average molecular weight is 394 g/mol. The predicted molar refractivity (Wildman–Crippen MR) is 103 cm³/mol. The van der Waals surface area contributed by atoms with Gasteiger partial charge in [0, 0.05) is 22.0 Å². The van der Waals surface area contributed by atoms with Crippen molar-refractivity contribution in [2.45, 2.75) is 30.5 Å². The van der Waals surface area contributed by atoms with Crippen molar-refractivity contribution in [3.8, 4) is 5.75 Å². The van der Waals surface area contributed by atoms with Crippen LogP contribution < -0.4 is 10.1 Å². The van der Waals surface area contributed by atoms with Gasteiger partial charge >= 0.3 is 5.97 Å². The van der Waals surface area contributed by atoms with Crippen LogP contribution in [0.5, 0.6) is 5.75 Å².